The molecule has 0 spiro atoms. The number of pyridine rings is 1. The Kier molecular flexibility index (Phi) is 9.67. The number of ether oxygens (including phenoxy) is 3. The number of carbonyl (C=O) groups excluding carboxylic acids is 2. The zero-order valence-corrected chi connectivity index (χ0v) is 23.8. The van der Waals surface area contributed by atoms with Crippen molar-refractivity contribution in [3.63, 3.8) is 0 Å². The number of esters is 1. The summed E-state index contributed by atoms with van der Waals surface area (Å²) < 4.78 is 18.6. The van der Waals surface area contributed by atoms with Crippen LogP contribution < -0.4 is 14.0 Å². The minimum Gasteiger partial charge on any atom is -0.422 e. The van der Waals surface area contributed by atoms with E-state index >= 15 is 0 Å². The van der Waals surface area contributed by atoms with Gasteiger partial charge in [0.1, 0.15) is 17.1 Å². The fourth-order valence-corrected chi connectivity index (χ4v) is 4.32. The highest BCUT2D eigenvalue weighted by molar-refractivity contribution is 5.90. The van der Waals surface area contributed by atoms with Gasteiger partial charge in [-0.25, -0.2) is 9.59 Å². The van der Waals surface area contributed by atoms with E-state index in [1.165, 1.54) is 0 Å². The molecule has 0 unspecified atom stereocenters. The summed E-state index contributed by atoms with van der Waals surface area (Å²) in [7, 11) is 0. The van der Waals surface area contributed by atoms with Crippen LogP contribution in [0.5, 0.6) is 11.5 Å². The predicted molar refractivity (Wildman–Crippen MR) is 148 cm³/mol. The third-order valence-electron chi connectivity index (χ3n) is 6.45. The Morgan fingerprint density at radius 3 is 1.55 bits per heavy atom. The van der Waals surface area contributed by atoms with Gasteiger partial charge in [0.2, 0.25) is 0 Å². The largest absolute Gasteiger partial charge is 0.518 e. The normalized spacial score (nSPS) is 11.4. The molecule has 1 heterocycles. The molecule has 6 heteroatoms. The Bertz CT molecular complexity index is 1220. The van der Waals surface area contributed by atoms with E-state index in [0.29, 0.717) is 17.1 Å². The van der Waals surface area contributed by atoms with E-state index in [1.54, 1.807) is 29.1 Å². The van der Waals surface area contributed by atoms with E-state index in [1.807, 2.05) is 36.4 Å². The summed E-state index contributed by atoms with van der Waals surface area (Å²) in [4.78, 5) is 25.8. The zero-order chi connectivity index (χ0) is 28.0. The summed E-state index contributed by atoms with van der Waals surface area (Å²) in [5.74, 6) is 1.47. The minimum absolute atomic E-state index is 0.110. The summed E-state index contributed by atoms with van der Waals surface area (Å²) in [6, 6.07) is 15.3. The van der Waals surface area contributed by atoms with Gasteiger partial charge in [-0.15, -0.1) is 0 Å². The van der Waals surface area contributed by atoms with Gasteiger partial charge in [0.05, 0.1) is 0 Å². The van der Waals surface area contributed by atoms with Crippen LogP contribution in [0.15, 0.2) is 60.9 Å². The molecule has 0 fully saturated rings. The lowest BCUT2D eigenvalue weighted by Crippen LogP contribution is -2.37. The van der Waals surface area contributed by atoms with Crippen LogP contribution in [0, 0.1) is 0 Å². The number of rotatable bonds is 9. The van der Waals surface area contributed by atoms with Crippen LogP contribution in [-0.2, 0) is 11.5 Å². The molecule has 0 aliphatic rings. The molecule has 3 rings (SSSR count). The Hall–Kier alpha value is -3.67. The molecule has 1 aromatic heterocycles. The zero-order valence-electron chi connectivity index (χ0n) is 23.8. The highest BCUT2D eigenvalue weighted by Crippen LogP contribution is 2.36. The van der Waals surface area contributed by atoms with Gasteiger partial charge in [-0.3, -0.25) is 0 Å². The smallest absolute Gasteiger partial charge is 0.422 e. The Balaban J connectivity index is 1.74. The van der Waals surface area contributed by atoms with Gasteiger partial charge in [-0.2, -0.15) is 4.57 Å². The molecule has 0 N–H and O–H groups in total. The summed E-state index contributed by atoms with van der Waals surface area (Å²) in [6.07, 6.45) is 2.52. The van der Waals surface area contributed by atoms with Gasteiger partial charge in [-0.05, 0) is 52.0 Å². The van der Waals surface area contributed by atoms with Crippen LogP contribution >= 0.6 is 0 Å². The Morgan fingerprint density at radius 2 is 1.11 bits per heavy atom. The molecular weight excluding hydrogens is 478 g/mol. The summed E-state index contributed by atoms with van der Waals surface area (Å²) >= 11 is 0. The molecule has 3 aromatic rings. The van der Waals surface area contributed by atoms with E-state index in [-0.39, 0.29) is 30.4 Å². The first-order valence-electron chi connectivity index (χ1n) is 13.3. The number of hydrogen-bond acceptors (Lipinski definition) is 5. The van der Waals surface area contributed by atoms with E-state index < -0.39 is 12.1 Å². The molecule has 0 amide bonds. The molecule has 0 atom stereocenters. The van der Waals surface area contributed by atoms with Gasteiger partial charge in [0.15, 0.2) is 12.4 Å². The van der Waals surface area contributed by atoms with E-state index in [0.717, 1.165) is 22.3 Å². The molecular formula is C32H40NO5+. The Morgan fingerprint density at radius 1 is 0.658 bits per heavy atom. The van der Waals surface area contributed by atoms with Crippen molar-refractivity contribution >= 4 is 12.1 Å². The molecule has 0 saturated carbocycles. The van der Waals surface area contributed by atoms with Crippen molar-refractivity contribution < 1.29 is 28.4 Å². The minimum atomic E-state index is -0.798. The summed E-state index contributed by atoms with van der Waals surface area (Å²) in [5.41, 5.74) is 4.23. The maximum absolute atomic E-state index is 13.1. The van der Waals surface area contributed by atoms with Crippen LogP contribution in [0.3, 0.4) is 0 Å². The number of carbonyl (C=O) groups is 2. The Labute approximate surface area is 226 Å². The SMILES string of the molecule is CC(C)c1cccc(C(C)C)c1OC(=O)OC[n+]1cccc(C(=O)Oc2c(C(C)C)cccc2C(C)C)c1. The lowest BCUT2D eigenvalue weighted by Gasteiger charge is -2.18. The third-order valence-corrected chi connectivity index (χ3v) is 6.45. The summed E-state index contributed by atoms with van der Waals surface area (Å²) in [6.45, 7) is 16.4. The highest BCUT2D eigenvalue weighted by Gasteiger charge is 2.22. The molecule has 0 saturated heterocycles. The van der Waals surface area contributed by atoms with Crippen molar-refractivity contribution in [1.82, 2.24) is 0 Å². The van der Waals surface area contributed by atoms with Gasteiger partial charge < -0.3 is 14.2 Å². The second-order valence-corrected chi connectivity index (χ2v) is 10.8. The standard InChI is InChI=1S/C32H40NO5/c1-20(2)25-13-9-14-26(21(3)4)29(25)37-31(34)24-12-11-17-33(18-24)19-36-32(35)38-30-27(22(5)6)15-10-16-28(30)23(7)8/h9-18,20-23H,19H2,1-8H3/q+1. The molecule has 2 aromatic carbocycles. The lowest BCUT2D eigenvalue weighted by molar-refractivity contribution is -0.727. The molecule has 0 bridgehead atoms. The van der Waals surface area contributed by atoms with Crippen molar-refractivity contribution in [3.05, 3.63) is 88.7 Å². The first-order chi connectivity index (χ1) is 18.0. The van der Waals surface area contributed by atoms with Crippen LogP contribution in [0.25, 0.3) is 0 Å². The van der Waals surface area contributed by atoms with Crippen molar-refractivity contribution in [2.24, 2.45) is 0 Å². The van der Waals surface area contributed by atoms with E-state index in [9.17, 15) is 9.59 Å². The van der Waals surface area contributed by atoms with Crippen LogP contribution in [0.2, 0.25) is 0 Å². The van der Waals surface area contributed by atoms with Crippen molar-refractivity contribution in [2.75, 3.05) is 0 Å². The quantitative estimate of drug-likeness (QED) is 0.125. The van der Waals surface area contributed by atoms with Crippen LogP contribution in [0.1, 0.15) is 112 Å². The number of hydrogen-bond donors (Lipinski definition) is 0. The maximum atomic E-state index is 13.1. The number of nitrogens with zero attached hydrogens (tertiary/aromatic N) is 1. The third kappa shape index (κ3) is 7.00. The van der Waals surface area contributed by atoms with Crippen LogP contribution in [0.4, 0.5) is 4.79 Å². The van der Waals surface area contributed by atoms with Gasteiger partial charge in [0, 0.05) is 6.07 Å². The molecule has 202 valence electrons. The molecule has 6 nitrogen and oxygen atoms in total. The fraction of sp³-hybridized carbons (Fsp3) is 0.406. The number of para-hydroxylation sites is 2. The second-order valence-electron chi connectivity index (χ2n) is 10.8. The van der Waals surface area contributed by atoms with Gasteiger partial charge in [0.25, 0.3) is 6.73 Å². The van der Waals surface area contributed by atoms with Crippen molar-refractivity contribution in [1.29, 1.82) is 0 Å². The lowest BCUT2D eigenvalue weighted by atomic mass is 9.94. The fourth-order valence-electron chi connectivity index (χ4n) is 4.32. The molecule has 38 heavy (non-hydrogen) atoms. The van der Waals surface area contributed by atoms with Gasteiger partial charge in [-0.1, -0.05) is 91.8 Å². The monoisotopic (exact) mass is 518 g/mol. The first-order valence-corrected chi connectivity index (χ1v) is 13.3. The first kappa shape index (κ1) is 28.9. The van der Waals surface area contributed by atoms with E-state index in [4.69, 9.17) is 14.2 Å². The van der Waals surface area contributed by atoms with Crippen molar-refractivity contribution in [3.8, 4) is 11.5 Å². The predicted octanol–water partition coefficient (Wildman–Crippen LogP) is 7.86. The molecule has 0 aliphatic carbocycles. The average molecular weight is 519 g/mol. The summed E-state index contributed by atoms with van der Waals surface area (Å²) in [5, 5.41) is 0. The maximum Gasteiger partial charge on any atom is 0.518 e. The van der Waals surface area contributed by atoms with Gasteiger partial charge >= 0.3 is 12.1 Å². The molecule has 0 radical (unpaired) electrons. The average Bonchev–Trinajstić information content (AvgIpc) is 2.87. The highest BCUT2D eigenvalue weighted by atomic mass is 16.7. The molecule has 0 aliphatic heterocycles. The number of benzene rings is 2. The van der Waals surface area contributed by atoms with E-state index in [2.05, 4.69) is 55.4 Å². The number of aromatic nitrogens is 1. The second kappa shape index (κ2) is 12.7. The van der Waals surface area contributed by atoms with Crippen LogP contribution in [-0.4, -0.2) is 12.1 Å². The topological polar surface area (TPSA) is 65.7 Å². The van der Waals surface area contributed by atoms with Crippen molar-refractivity contribution in [2.45, 2.75) is 85.8 Å².